The van der Waals surface area contributed by atoms with Gasteiger partial charge in [0.25, 0.3) is 11.2 Å². The number of para-hydroxylation sites is 1. The molecule has 1 atom stereocenters. The molecule has 1 unspecified atom stereocenters. The smallest absolute Gasteiger partial charge is 0.273 e. The lowest BCUT2D eigenvalue weighted by molar-refractivity contribution is -0.385. The third-order valence-electron chi connectivity index (χ3n) is 4.70. The Kier molecular flexibility index (Phi) is 5.32. The van der Waals surface area contributed by atoms with E-state index < -0.39 is 16.4 Å². The number of rotatable bonds is 5. The minimum absolute atomic E-state index is 0.0832. The molecule has 2 N–H and O–H groups in total. The van der Waals surface area contributed by atoms with Gasteiger partial charge in [-0.1, -0.05) is 42.1 Å². The molecule has 0 radical (unpaired) electrons. The van der Waals surface area contributed by atoms with Crippen LogP contribution in [0.15, 0.2) is 58.5 Å². The minimum atomic E-state index is -0.783. The fraction of sp³-hybridized carbons (Fsp3) is 0.150. The van der Waals surface area contributed by atoms with E-state index in [0.717, 1.165) is 0 Å². The van der Waals surface area contributed by atoms with Gasteiger partial charge in [0.05, 0.1) is 10.5 Å². The number of aromatic nitrogens is 2. The maximum Gasteiger partial charge on any atom is 0.273 e. The number of aromatic amines is 1. The van der Waals surface area contributed by atoms with Crippen molar-refractivity contribution in [3.63, 3.8) is 0 Å². The molecular weight excluding hydrogens is 411 g/mol. The largest absolute Gasteiger partial charge is 0.310 e. The molecule has 0 bridgehead atoms. The van der Waals surface area contributed by atoms with Crippen molar-refractivity contribution in [2.45, 2.75) is 23.2 Å². The van der Waals surface area contributed by atoms with Crippen LogP contribution in [0.3, 0.4) is 0 Å². The van der Waals surface area contributed by atoms with E-state index in [-0.39, 0.29) is 45.9 Å². The highest BCUT2D eigenvalue weighted by Crippen LogP contribution is 2.38. The van der Waals surface area contributed by atoms with Crippen LogP contribution in [0.25, 0.3) is 0 Å². The molecule has 1 aromatic heterocycles. The molecule has 30 heavy (non-hydrogen) atoms. The minimum Gasteiger partial charge on any atom is -0.310 e. The molecule has 2 heterocycles. The molecule has 0 spiro atoms. The first-order valence-corrected chi connectivity index (χ1v) is 9.95. The molecule has 152 valence electrons. The molecular formula is C20H15FN4O4S. The van der Waals surface area contributed by atoms with Crippen LogP contribution >= 0.6 is 11.8 Å². The summed E-state index contributed by atoms with van der Waals surface area (Å²) >= 11 is 1.18. The van der Waals surface area contributed by atoms with E-state index in [4.69, 9.17) is 0 Å². The van der Waals surface area contributed by atoms with Crippen molar-refractivity contribution in [2.24, 2.45) is 0 Å². The van der Waals surface area contributed by atoms with Crippen LogP contribution in [0.2, 0.25) is 0 Å². The number of fused-ring (bicyclic) bond motifs is 1. The Labute approximate surface area is 173 Å². The number of nitrogens with zero attached hydrogens (tertiary/aromatic N) is 2. The summed E-state index contributed by atoms with van der Waals surface area (Å²) in [7, 11) is 0. The highest BCUT2D eigenvalue weighted by atomic mass is 32.2. The quantitative estimate of drug-likeness (QED) is 0.279. The van der Waals surface area contributed by atoms with Crippen LogP contribution in [0, 0.1) is 15.9 Å². The zero-order chi connectivity index (χ0) is 21.3. The molecule has 0 fully saturated rings. The SMILES string of the molecule is O=C1CC(c2ccccc2[N+](=O)[O-])c2c(nc(SCc3cccc(F)c3)[nH]c2=O)N1. The number of halogens is 1. The van der Waals surface area contributed by atoms with E-state index in [9.17, 15) is 24.1 Å². The Hall–Kier alpha value is -3.53. The first kappa shape index (κ1) is 19.8. The van der Waals surface area contributed by atoms with Crippen LogP contribution < -0.4 is 10.9 Å². The third-order valence-corrected chi connectivity index (χ3v) is 5.65. The van der Waals surface area contributed by atoms with Crippen LogP contribution in [0.1, 0.15) is 29.0 Å². The molecule has 0 saturated heterocycles. The van der Waals surface area contributed by atoms with Crippen LogP contribution in [-0.2, 0) is 10.5 Å². The number of benzene rings is 2. The Morgan fingerprint density at radius 1 is 1.20 bits per heavy atom. The standard InChI is InChI=1S/C20H15FN4O4S/c21-12-5-3-4-11(8-12)10-30-20-23-18-17(19(27)24-20)14(9-16(26)22-18)13-6-1-2-7-15(13)25(28)29/h1-8,14H,9-10H2,(H2,22,23,24,26,27). The molecule has 10 heteroatoms. The van der Waals surface area contributed by atoms with Gasteiger partial charge in [-0.3, -0.25) is 19.7 Å². The molecule has 0 aliphatic carbocycles. The second-order valence-corrected chi connectivity index (χ2v) is 7.64. The topological polar surface area (TPSA) is 118 Å². The van der Waals surface area contributed by atoms with Crippen molar-refractivity contribution in [3.8, 4) is 0 Å². The van der Waals surface area contributed by atoms with Gasteiger partial charge in [0.1, 0.15) is 11.6 Å². The number of hydrogen-bond acceptors (Lipinski definition) is 6. The first-order valence-electron chi connectivity index (χ1n) is 8.97. The van der Waals surface area contributed by atoms with Crippen molar-refractivity contribution in [1.29, 1.82) is 0 Å². The summed E-state index contributed by atoms with van der Waals surface area (Å²) in [6.45, 7) is 0. The zero-order valence-corrected chi connectivity index (χ0v) is 16.2. The van der Waals surface area contributed by atoms with E-state index in [1.54, 1.807) is 18.2 Å². The van der Waals surface area contributed by atoms with Crippen molar-refractivity contribution in [2.75, 3.05) is 5.32 Å². The predicted octanol–water partition coefficient (Wildman–Crippen LogP) is 3.58. The van der Waals surface area contributed by atoms with E-state index in [2.05, 4.69) is 15.3 Å². The number of carbonyl (C=O) groups excluding carboxylic acids is 1. The molecule has 1 amide bonds. The number of H-pyrrole nitrogens is 1. The zero-order valence-electron chi connectivity index (χ0n) is 15.4. The number of hydrogen-bond donors (Lipinski definition) is 2. The number of nitrogens with one attached hydrogen (secondary N) is 2. The maximum atomic E-state index is 13.3. The Morgan fingerprint density at radius 2 is 2.00 bits per heavy atom. The second-order valence-electron chi connectivity index (χ2n) is 6.67. The van der Waals surface area contributed by atoms with Gasteiger partial charge in [0.2, 0.25) is 5.91 Å². The van der Waals surface area contributed by atoms with Gasteiger partial charge in [-0.25, -0.2) is 9.37 Å². The number of nitro benzene ring substituents is 1. The van der Waals surface area contributed by atoms with Gasteiger partial charge in [-0.05, 0) is 17.7 Å². The van der Waals surface area contributed by atoms with Crippen LogP contribution in [0.5, 0.6) is 0 Å². The summed E-state index contributed by atoms with van der Waals surface area (Å²) in [6, 6.07) is 12.1. The average molecular weight is 426 g/mol. The highest BCUT2D eigenvalue weighted by Gasteiger charge is 2.34. The second kappa shape index (κ2) is 8.07. The van der Waals surface area contributed by atoms with Crippen molar-refractivity contribution < 1.29 is 14.1 Å². The van der Waals surface area contributed by atoms with Crippen LogP contribution in [0.4, 0.5) is 15.9 Å². The van der Waals surface area contributed by atoms with E-state index in [1.165, 1.54) is 42.1 Å². The summed E-state index contributed by atoms with van der Waals surface area (Å²) in [5.74, 6) is -1.08. The predicted molar refractivity (Wildman–Crippen MR) is 109 cm³/mol. The van der Waals surface area contributed by atoms with Crippen molar-refractivity contribution >= 4 is 29.2 Å². The summed E-state index contributed by atoms with van der Waals surface area (Å²) < 4.78 is 13.3. The van der Waals surface area contributed by atoms with Gasteiger partial charge < -0.3 is 10.3 Å². The molecule has 1 aliphatic heterocycles. The molecule has 3 aromatic rings. The molecule has 0 saturated carbocycles. The summed E-state index contributed by atoms with van der Waals surface area (Å²) in [5, 5.41) is 14.3. The number of carbonyl (C=O) groups is 1. The Morgan fingerprint density at radius 3 is 2.77 bits per heavy atom. The fourth-order valence-electron chi connectivity index (χ4n) is 3.41. The first-order chi connectivity index (χ1) is 14.4. The fourth-order valence-corrected chi connectivity index (χ4v) is 4.22. The maximum absolute atomic E-state index is 13.3. The van der Waals surface area contributed by atoms with E-state index in [1.807, 2.05) is 0 Å². The third kappa shape index (κ3) is 3.94. The summed E-state index contributed by atoms with van der Waals surface area (Å²) in [4.78, 5) is 42.9. The van der Waals surface area contributed by atoms with Gasteiger partial charge in [0.15, 0.2) is 5.16 Å². The molecule has 4 rings (SSSR count). The van der Waals surface area contributed by atoms with Crippen LogP contribution in [-0.4, -0.2) is 20.8 Å². The van der Waals surface area contributed by atoms with Crippen molar-refractivity contribution in [1.82, 2.24) is 9.97 Å². The number of anilines is 1. The highest BCUT2D eigenvalue weighted by molar-refractivity contribution is 7.98. The monoisotopic (exact) mass is 426 g/mol. The van der Waals surface area contributed by atoms with Gasteiger partial charge in [0, 0.05) is 29.7 Å². The normalized spacial score (nSPS) is 15.4. The summed E-state index contributed by atoms with van der Waals surface area (Å²) in [6.07, 6.45) is -0.0988. The molecule has 8 nitrogen and oxygen atoms in total. The number of thioether (sulfide) groups is 1. The van der Waals surface area contributed by atoms with Gasteiger partial charge >= 0.3 is 0 Å². The van der Waals surface area contributed by atoms with Crippen molar-refractivity contribution in [3.05, 3.63) is 91.5 Å². The molecule has 1 aliphatic rings. The Balaban J connectivity index is 1.70. The van der Waals surface area contributed by atoms with E-state index >= 15 is 0 Å². The number of amides is 1. The lowest BCUT2D eigenvalue weighted by Gasteiger charge is -2.24. The van der Waals surface area contributed by atoms with E-state index in [0.29, 0.717) is 11.3 Å². The number of nitro groups is 1. The Bertz CT molecular complexity index is 1210. The van der Waals surface area contributed by atoms with Gasteiger partial charge in [-0.15, -0.1) is 0 Å². The molecule has 2 aromatic carbocycles. The lowest BCUT2D eigenvalue weighted by Crippen LogP contribution is -2.31. The van der Waals surface area contributed by atoms with Gasteiger partial charge in [-0.2, -0.15) is 0 Å². The lowest BCUT2D eigenvalue weighted by atomic mass is 9.86. The average Bonchev–Trinajstić information content (AvgIpc) is 2.71. The summed E-state index contributed by atoms with van der Waals surface area (Å²) in [5.41, 5.74) is 0.532.